The van der Waals surface area contributed by atoms with E-state index in [1.54, 1.807) is 16.1 Å². The van der Waals surface area contributed by atoms with Crippen molar-refractivity contribution >= 4 is 17.2 Å². The molecule has 0 aliphatic rings. The molecule has 2 aromatic rings. The second-order valence-electron chi connectivity index (χ2n) is 4.26. The summed E-state index contributed by atoms with van der Waals surface area (Å²) < 4.78 is 1.73. The number of aliphatic hydroxyl groups excluding tert-OH is 1. The molecule has 0 bridgehead atoms. The SMILES string of the molecule is Cc1nn(C)cc1CNC(=O)c1csc(C#CCO)c1. The average Bonchev–Trinajstić information content (AvgIpc) is 3.00. The predicted octanol–water partition coefficient (Wildman–Crippen LogP) is 1.06. The summed E-state index contributed by atoms with van der Waals surface area (Å²) in [6.45, 7) is 2.18. The summed E-state index contributed by atoms with van der Waals surface area (Å²) in [4.78, 5) is 12.8. The third-order valence-electron chi connectivity index (χ3n) is 2.71. The third-order valence-corrected chi connectivity index (χ3v) is 3.55. The van der Waals surface area contributed by atoms with E-state index >= 15 is 0 Å². The quantitative estimate of drug-likeness (QED) is 0.830. The summed E-state index contributed by atoms with van der Waals surface area (Å²) in [6.07, 6.45) is 1.89. The average molecular weight is 289 g/mol. The first kappa shape index (κ1) is 14.3. The molecule has 0 saturated heterocycles. The van der Waals surface area contributed by atoms with E-state index in [9.17, 15) is 4.79 Å². The molecule has 1 amide bonds. The topological polar surface area (TPSA) is 67.2 Å². The molecule has 0 aliphatic carbocycles. The first-order valence-corrected chi connectivity index (χ1v) is 6.93. The number of rotatable bonds is 3. The Morgan fingerprint density at radius 2 is 2.40 bits per heavy atom. The maximum Gasteiger partial charge on any atom is 0.252 e. The molecule has 0 fully saturated rings. The lowest BCUT2D eigenvalue weighted by molar-refractivity contribution is 0.0951. The van der Waals surface area contributed by atoms with Crippen molar-refractivity contribution in [3.8, 4) is 11.8 Å². The molecule has 0 spiro atoms. The van der Waals surface area contributed by atoms with Crippen LogP contribution >= 0.6 is 11.3 Å². The first-order valence-electron chi connectivity index (χ1n) is 6.05. The van der Waals surface area contributed by atoms with Crippen LogP contribution in [0.25, 0.3) is 0 Å². The lowest BCUT2D eigenvalue weighted by atomic mass is 10.2. The van der Waals surface area contributed by atoms with E-state index < -0.39 is 0 Å². The Balaban J connectivity index is 1.98. The van der Waals surface area contributed by atoms with Gasteiger partial charge < -0.3 is 10.4 Å². The number of nitrogens with zero attached hydrogens (tertiary/aromatic N) is 2. The number of amides is 1. The number of aromatic nitrogens is 2. The van der Waals surface area contributed by atoms with Crippen molar-refractivity contribution in [2.24, 2.45) is 7.05 Å². The van der Waals surface area contributed by atoms with Crippen molar-refractivity contribution in [2.45, 2.75) is 13.5 Å². The number of aliphatic hydroxyl groups is 1. The predicted molar refractivity (Wildman–Crippen MR) is 77.4 cm³/mol. The molecule has 2 heterocycles. The number of carbonyl (C=O) groups excluding carboxylic acids is 1. The molecule has 0 radical (unpaired) electrons. The number of hydrogen-bond donors (Lipinski definition) is 2. The van der Waals surface area contributed by atoms with Crippen LogP contribution in [-0.2, 0) is 13.6 Å². The summed E-state index contributed by atoms with van der Waals surface area (Å²) in [7, 11) is 1.85. The van der Waals surface area contributed by atoms with Crippen LogP contribution in [0.3, 0.4) is 0 Å². The molecule has 0 aliphatic heterocycles. The van der Waals surface area contributed by atoms with Gasteiger partial charge in [-0.2, -0.15) is 5.10 Å². The zero-order valence-corrected chi connectivity index (χ0v) is 12.1. The van der Waals surface area contributed by atoms with E-state index in [-0.39, 0.29) is 12.5 Å². The van der Waals surface area contributed by atoms with Crippen LogP contribution in [-0.4, -0.2) is 27.4 Å². The van der Waals surface area contributed by atoms with Crippen LogP contribution in [0.2, 0.25) is 0 Å². The van der Waals surface area contributed by atoms with E-state index in [1.807, 2.05) is 20.2 Å². The Labute approximate surface area is 121 Å². The van der Waals surface area contributed by atoms with Crippen molar-refractivity contribution in [1.82, 2.24) is 15.1 Å². The van der Waals surface area contributed by atoms with Gasteiger partial charge in [0.15, 0.2) is 0 Å². The van der Waals surface area contributed by atoms with Gasteiger partial charge in [0.2, 0.25) is 0 Å². The van der Waals surface area contributed by atoms with Crippen LogP contribution in [0.4, 0.5) is 0 Å². The Morgan fingerprint density at radius 3 is 3.05 bits per heavy atom. The van der Waals surface area contributed by atoms with Crippen LogP contribution in [0, 0.1) is 18.8 Å². The number of carbonyl (C=O) groups is 1. The largest absolute Gasteiger partial charge is 0.384 e. The summed E-state index contributed by atoms with van der Waals surface area (Å²) in [5.41, 5.74) is 2.49. The van der Waals surface area contributed by atoms with Gasteiger partial charge in [-0.15, -0.1) is 11.3 Å². The Kier molecular flexibility index (Phi) is 4.56. The second-order valence-corrected chi connectivity index (χ2v) is 5.17. The number of aryl methyl sites for hydroxylation is 2. The molecule has 6 heteroatoms. The minimum Gasteiger partial charge on any atom is -0.384 e. The van der Waals surface area contributed by atoms with Crippen molar-refractivity contribution in [3.05, 3.63) is 39.3 Å². The Bertz CT molecular complexity index is 676. The highest BCUT2D eigenvalue weighted by atomic mass is 32.1. The fourth-order valence-electron chi connectivity index (χ4n) is 1.75. The summed E-state index contributed by atoms with van der Waals surface area (Å²) in [5, 5.41) is 17.5. The lowest BCUT2D eigenvalue weighted by Crippen LogP contribution is -2.22. The van der Waals surface area contributed by atoms with E-state index in [2.05, 4.69) is 22.3 Å². The van der Waals surface area contributed by atoms with Gasteiger partial charge in [-0.05, 0) is 13.0 Å². The minimum absolute atomic E-state index is 0.137. The molecule has 2 rings (SSSR count). The van der Waals surface area contributed by atoms with Gasteiger partial charge in [0.25, 0.3) is 5.91 Å². The fourth-order valence-corrected chi connectivity index (χ4v) is 2.50. The van der Waals surface area contributed by atoms with E-state index in [1.165, 1.54) is 11.3 Å². The van der Waals surface area contributed by atoms with Crippen LogP contribution < -0.4 is 5.32 Å². The Hall–Kier alpha value is -2.10. The van der Waals surface area contributed by atoms with Crippen LogP contribution in [0.5, 0.6) is 0 Å². The Morgan fingerprint density at radius 1 is 1.60 bits per heavy atom. The lowest BCUT2D eigenvalue weighted by Gasteiger charge is -2.02. The molecular weight excluding hydrogens is 274 g/mol. The highest BCUT2D eigenvalue weighted by Crippen LogP contribution is 2.13. The van der Waals surface area contributed by atoms with E-state index in [4.69, 9.17) is 5.11 Å². The summed E-state index contributed by atoms with van der Waals surface area (Å²) in [5.74, 6) is 5.20. The van der Waals surface area contributed by atoms with Gasteiger partial charge in [0, 0.05) is 30.7 Å². The number of nitrogens with one attached hydrogen (secondary N) is 1. The molecule has 2 aromatic heterocycles. The molecule has 5 nitrogen and oxygen atoms in total. The molecular formula is C14H15N3O2S. The molecule has 2 N–H and O–H groups in total. The monoisotopic (exact) mass is 289 g/mol. The molecule has 0 saturated carbocycles. The van der Waals surface area contributed by atoms with Crippen molar-refractivity contribution in [1.29, 1.82) is 0 Å². The molecule has 0 unspecified atom stereocenters. The normalized spacial score (nSPS) is 9.95. The molecule has 104 valence electrons. The summed E-state index contributed by atoms with van der Waals surface area (Å²) >= 11 is 1.38. The minimum atomic E-state index is -0.181. The standard InChI is InChI=1S/C14H15N3O2S/c1-10-12(8-17(2)16-10)7-15-14(19)11-6-13(20-9-11)4-3-5-18/h6,8-9,18H,5,7H2,1-2H3,(H,15,19). The van der Waals surface area contributed by atoms with Gasteiger partial charge in [-0.25, -0.2) is 0 Å². The second kappa shape index (κ2) is 6.37. The molecule has 0 atom stereocenters. The van der Waals surface area contributed by atoms with Gasteiger partial charge in [0.05, 0.1) is 16.1 Å². The van der Waals surface area contributed by atoms with Gasteiger partial charge in [-0.1, -0.05) is 11.8 Å². The number of hydrogen-bond acceptors (Lipinski definition) is 4. The van der Waals surface area contributed by atoms with E-state index in [0.29, 0.717) is 12.1 Å². The maximum absolute atomic E-state index is 12.0. The number of thiophene rings is 1. The third kappa shape index (κ3) is 3.47. The fraction of sp³-hybridized carbons (Fsp3) is 0.286. The zero-order chi connectivity index (χ0) is 14.5. The summed E-state index contributed by atoms with van der Waals surface area (Å²) in [6, 6.07) is 1.72. The van der Waals surface area contributed by atoms with Crippen LogP contribution in [0.15, 0.2) is 17.6 Å². The molecule has 20 heavy (non-hydrogen) atoms. The zero-order valence-electron chi connectivity index (χ0n) is 11.3. The van der Waals surface area contributed by atoms with Gasteiger partial charge in [-0.3, -0.25) is 9.48 Å². The first-order chi connectivity index (χ1) is 9.60. The van der Waals surface area contributed by atoms with Crippen molar-refractivity contribution in [2.75, 3.05) is 6.61 Å². The van der Waals surface area contributed by atoms with Gasteiger partial charge >= 0.3 is 0 Å². The van der Waals surface area contributed by atoms with Crippen LogP contribution in [0.1, 0.15) is 26.5 Å². The smallest absolute Gasteiger partial charge is 0.252 e. The molecule has 0 aromatic carbocycles. The van der Waals surface area contributed by atoms with Crippen molar-refractivity contribution in [3.63, 3.8) is 0 Å². The maximum atomic E-state index is 12.0. The van der Waals surface area contributed by atoms with E-state index in [0.717, 1.165) is 16.1 Å². The van der Waals surface area contributed by atoms with Gasteiger partial charge in [0.1, 0.15) is 6.61 Å². The highest BCUT2D eigenvalue weighted by Gasteiger charge is 2.09. The highest BCUT2D eigenvalue weighted by molar-refractivity contribution is 7.10. The van der Waals surface area contributed by atoms with Crippen molar-refractivity contribution < 1.29 is 9.90 Å².